The highest BCUT2D eigenvalue weighted by molar-refractivity contribution is 8.07. The average molecular weight is 633 g/mol. The second-order valence-electron chi connectivity index (χ2n) is 8.89. The Kier molecular flexibility index (Phi) is 7.38. The molecule has 3 aliphatic rings. The first-order chi connectivity index (χ1) is 19.0. The van der Waals surface area contributed by atoms with Crippen LogP contribution < -0.4 is 11.1 Å². The Hall–Kier alpha value is -2.21. The Morgan fingerprint density at radius 2 is 2.05 bits per heavy atom. The molecule has 214 valence electrons. The van der Waals surface area contributed by atoms with Gasteiger partial charge in [-0.05, 0) is 29.7 Å². The van der Waals surface area contributed by atoms with E-state index in [4.69, 9.17) is 52.2 Å². The molecule has 0 saturated carbocycles. The third-order valence-corrected chi connectivity index (χ3v) is 9.47. The summed E-state index contributed by atoms with van der Waals surface area (Å²) in [5.41, 5.74) is 7.81. The van der Waals surface area contributed by atoms with E-state index in [1.54, 1.807) is 23.0 Å². The predicted octanol–water partition coefficient (Wildman–Crippen LogP) is 1.47. The first-order valence-electron chi connectivity index (χ1n) is 11.7. The zero-order valence-corrected chi connectivity index (χ0v) is 23.9. The quantitative estimate of drug-likeness (QED) is 0.283. The smallest absolute Gasteiger partial charge is 0.325 e. The minimum Gasteiger partial charge on any atom is -0.369 e. The van der Waals surface area contributed by atoms with Gasteiger partial charge in [0.2, 0.25) is 0 Å². The van der Waals surface area contributed by atoms with E-state index in [-0.39, 0.29) is 31.5 Å². The van der Waals surface area contributed by atoms with Gasteiger partial charge in [0.1, 0.15) is 35.8 Å². The van der Waals surface area contributed by atoms with Gasteiger partial charge in [0.05, 0.1) is 37.0 Å². The molecule has 0 radical (unpaired) electrons. The summed E-state index contributed by atoms with van der Waals surface area (Å²) in [6, 6.07) is 1.73. The maximum atomic E-state index is 15.9. The minimum absolute atomic E-state index is 0.0349. The number of nitrogens with zero attached hydrogens (tertiary/aromatic N) is 6. The monoisotopic (exact) mass is 632 g/mol. The number of imidazole rings is 2. The highest BCUT2D eigenvalue weighted by atomic mass is 32.5. The van der Waals surface area contributed by atoms with Crippen LogP contribution in [0.5, 0.6) is 0 Å². The molecule has 20 heteroatoms. The topological polar surface area (TPSA) is 186 Å². The number of nitrogens with one attached hydrogen (secondary N) is 1. The molecule has 6 heterocycles. The second kappa shape index (κ2) is 10.6. The lowest BCUT2D eigenvalue weighted by Gasteiger charge is -2.26. The van der Waals surface area contributed by atoms with Gasteiger partial charge in [0.25, 0.3) is 0 Å². The van der Waals surface area contributed by atoms with E-state index in [0.717, 1.165) is 0 Å². The van der Waals surface area contributed by atoms with Crippen LogP contribution in [0.25, 0.3) is 16.7 Å². The van der Waals surface area contributed by atoms with Crippen LogP contribution in [0.2, 0.25) is 0 Å². The molecule has 40 heavy (non-hydrogen) atoms. The number of fused-ring (bicyclic) bond motifs is 6. The molecule has 2 bridgehead atoms. The fourth-order valence-corrected chi connectivity index (χ4v) is 7.01. The number of aromatic nitrogens is 5. The molecule has 0 amide bonds. The van der Waals surface area contributed by atoms with Crippen molar-refractivity contribution in [1.29, 1.82) is 0 Å². The van der Waals surface area contributed by atoms with Crippen molar-refractivity contribution < 1.29 is 37.0 Å². The first kappa shape index (κ1) is 27.9. The van der Waals surface area contributed by atoms with Crippen LogP contribution in [0, 0.1) is 0 Å². The summed E-state index contributed by atoms with van der Waals surface area (Å²) in [5, 5.41) is 2.76. The van der Waals surface area contributed by atoms with Crippen molar-refractivity contribution >= 4 is 65.6 Å². The van der Waals surface area contributed by atoms with E-state index in [2.05, 4.69) is 31.8 Å². The number of rotatable bonds is 1. The Labute approximate surface area is 236 Å². The molecule has 6 atom stereocenters. The van der Waals surface area contributed by atoms with Crippen LogP contribution in [-0.4, -0.2) is 71.4 Å². The van der Waals surface area contributed by atoms with Crippen molar-refractivity contribution in [2.45, 2.75) is 37.8 Å². The number of halogens is 1. The number of pyridine rings is 1. The van der Waals surface area contributed by atoms with Gasteiger partial charge >= 0.3 is 13.4 Å². The van der Waals surface area contributed by atoms with E-state index >= 15 is 4.39 Å². The van der Waals surface area contributed by atoms with Gasteiger partial charge in [-0.25, -0.2) is 14.4 Å². The normalized spacial score (nSPS) is 33.4. The number of ether oxygens (including phenoxy) is 1. The van der Waals surface area contributed by atoms with Crippen LogP contribution >= 0.6 is 13.4 Å². The molecule has 3 aromatic rings. The molecule has 5 N–H and O–H groups in total. The van der Waals surface area contributed by atoms with E-state index in [1.165, 1.54) is 10.9 Å². The second-order valence-corrected chi connectivity index (χ2v) is 14.5. The molecule has 3 aromatic heterocycles. The van der Waals surface area contributed by atoms with Crippen molar-refractivity contribution in [2.75, 3.05) is 13.2 Å². The van der Waals surface area contributed by atoms with Crippen LogP contribution in [0.3, 0.4) is 0 Å². The van der Waals surface area contributed by atoms with Crippen LogP contribution in [-0.2, 0) is 59.6 Å². The Morgan fingerprint density at radius 1 is 1.23 bits per heavy atom. The summed E-state index contributed by atoms with van der Waals surface area (Å²) in [6.07, 6.45) is -1.49. The lowest BCUT2D eigenvalue weighted by molar-refractivity contribution is -0.0474. The van der Waals surface area contributed by atoms with Crippen molar-refractivity contribution in [2.24, 2.45) is 10.7 Å². The van der Waals surface area contributed by atoms with Crippen molar-refractivity contribution in [1.82, 2.24) is 29.4 Å². The molecule has 0 aromatic carbocycles. The van der Waals surface area contributed by atoms with Crippen molar-refractivity contribution in [3.05, 3.63) is 42.9 Å². The molecular formula is C20H23FN8O7P2S2. The van der Waals surface area contributed by atoms with Gasteiger partial charge < -0.3 is 43.7 Å². The van der Waals surface area contributed by atoms with Crippen LogP contribution in [0.4, 0.5) is 10.2 Å². The van der Waals surface area contributed by atoms with Gasteiger partial charge in [-0.15, -0.1) is 0 Å². The molecule has 3 aliphatic heterocycles. The lowest BCUT2D eigenvalue weighted by Crippen LogP contribution is -2.33. The fraction of sp³-hybridized carbons (Fsp3) is 0.400. The SMILES string of the molecule is C=C1NC(N)=Nc2c1ncn2[C@@H]1O[C@@H]2COP(O)(=S)OCCn3c(nc4cnccc43)COP(O)(=S)O[C@@H]1[C@@H]2F. The Bertz CT molecular complexity index is 1620. The summed E-state index contributed by atoms with van der Waals surface area (Å²) in [4.78, 5) is 38.7. The van der Waals surface area contributed by atoms with E-state index < -0.39 is 44.7 Å². The lowest BCUT2D eigenvalue weighted by atomic mass is 10.1. The molecule has 1 saturated heterocycles. The van der Waals surface area contributed by atoms with Gasteiger partial charge in [-0.1, -0.05) is 6.58 Å². The van der Waals surface area contributed by atoms with Crippen molar-refractivity contribution in [3.63, 3.8) is 0 Å². The summed E-state index contributed by atoms with van der Waals surface area (Å²) in [5.74, 6) is 0.606. The highest BCUT2D eigenvalue weighted by Gasteiger charge is 2.51. The number of hydrogen-bond donors (Lipinski definition) is 4. The van der Waals surface area contributed by atoms with Gasteiger partial charge in [0.15, 0.2) is 24.2 Å². The summed E-state index contributed by atoms with van der Waals surface area (Å²) in [6.45, 7) is -4.66. The predicted molar refractivity (Wildman–Crippen MR) is 147 cm³/mol. The summed E-state index contributed by atoms with van der Waals surface area (Å²) >= 11 is 10.4. The summed E-state index contributed by atoms with van der Waals surface area (Å²) < 4.78 is 47.1. The number of hydrogen-bond acceptors (Lipinski definition) is 13. The van der Waals surface area contributed by atoms with Gasteiger partial charge in [-0.3, -0.25) is 14.1 Å². The number of aliphatic imine (C=N–C) groups is 1. The first-order valence-corrected chi connectivity index (χ1v) is 16.9. The maximum absolute atomic E-state index is 15.9. The average Bonchev–Trinajstić information content (AvgIpc) is 3.55. The molecule has 1 fully saturated rings. The Morgan fingerprint density at radius 3 is 2.88 bits per heavy atom. The number of nitrogens with two attached hydrogens (primary N) is 1. The van der Waals surface area contributed by atoms with Gasteiger partial charge in [-0.2, -0.15) is 4.99 Å². The fourth-order valence-electron chi connectivity index (χ4n) is 4.55. The Balaban J connectivity index is 1.36. The minimum atomic E-state index is -4.09. The third kappa shape index (κ3) is 5.37. The summed E-state index contributed by atoms with van der Waals surface area (Å²) in [7, 11) is 0. The van der Waals surface area contributed by atoms with Gasteiger partial charge in [0, 0.05) is 12.7 Å². The third-order valence-electron chi connectivity index (χ3n) is 6.31. The molecule has 2 unspecified atom stereocenters. The zero-order valence-electron chi connectivity index (χ0n) is 20.4. The number of alkyl halides is 1. The van der Waals surface area contributed by atoms with Crippen molar-refractivity contribution in [3.8, 4) is 0 Å². The standard InChI is InChI=1S/C20H23FN8O7P2S2/c1-10-16-18(27-20(22)25-10)29(9-24-16)19-17-15(21)13(35-19)7-33-37(30,39)32-5-4-28-12-2-3-23-6-11(12)26-14(28)8-34-38(31,40)36-17/h2-3,6,9,13,15,17,19H,1,4-5,7-8H2,(H,30,39)(H,31,40)(H3,22,25,27)/t13-,15-,17-,19-,37?,38?/m1/s1. The zero-order chi connectivity index (χ0) is 28.2. The van der Waals surface area contributed by atoms with Crippen LogP contribution in [0.1, 0.15) is 17.7 Å². The largest absolute Gasteiger partial charge is 0.369 e. The maximum Gasteiger partial charge on any atom is 0.325 e. The molecule has 15 nitrogen and oxygen atoms in total. The van der Waals surface area contributed by atoms with Crippen LogP contribution in [0.15, 0.2) is 36.4 Å². The molecule has 0 aliphatic carbocycles. The van der Waals surface area contributed by atoms with E-state index in [1.807, 2.05) is 0 Å². The molecular weight excluding hydrogens is 609 g/mol. The molecule has 6 rings (SSSR count). The highest BCUT2D eigenvalue weighted by Crippen LogP contribution is 2.52. The van der Waals surface area contributed by atoms with E-state index in [9.17, 15) is 9.79 Å². The number of guanidine groups is 1. The molecule has 0 spiro atoms. The van der Waals surface area contributed by atoms with E-state index in [0.29, 0.717) is 28.2 Å².